The lowest BCUT2D eigenvalue weighted by Crippen LogP contribution is -2.29. The van der Waals surface area contributed by atoms with Crippen LogP contribution in [0.3, 0.4) is 0 Å². The summed E-state index contributed by atoms with van der Waals surface area (Å²) in [5, 5.41) is 0. The summed E-state index contributed by atoms with van der Waals surface area (Å²) in [4.78, 5) is 10.9. The van der Waals surface area contributed by atoms with Crippen LogP contribution in [0, 0.1) is 5.92 Å². The average Bonchev–Trinajstić information content (AvgIpc) is 2.62. The van der Waals surface area contributed by atoms with E-state index in [4.69, 9.17) is 4.74 Å². The maximum absolute atomic E-state index is 10.9. The van der Waals surface area contributed by atoms with Gasteiger partial charge in [-0.05, 0) is 18.9 Å². The van der Waals surface area contributed by atoms with Crippen LogP contribution in [0.25, 0.3) is 0 Å². The molecule has 0 bridgehead atoms. The molecule has 0 spiro atoms. The molecule has 0 aromatic heterocycles. The van der Waals surface area contributed by atoms with Gasteiger partial charge in [-0.3, -0.25) is 0 Å². The minimum absolute atomic E-state index is 0.00935. The normalized spacial score (nSPS) is 31.6. The van der Waals surface area contributed by atoms with Crippen LogP contribution in [-0.4, -0.2) is 12.9 Å². The van der Waals surface area contributed by atoms with Crippen molar-refractivity contribution >= 4 is 6.29 Å². The molecule has 1 aromatic carbocycles. The zero-order chi connectivity index (χ0) is 10.0. The van der Waals surface area contributed by atoms with E-state index in [-0.39, 0.29) is 5.92 Å². The summed E-state index contributed by atoms with van der Waals surface area (Å²) < 4.78 is 5.70. The molecule has 0 amide bonds. The lowest BCUT2D eigenvalue weighted by molar-refractivity contribution is -0.116. The molecule has 0 saturated carbocycles. The highest BCUT2D eigenvalue weighted by Crippen LogP contribution is 2.39. The number of ether oxygens (including phenoxy) is 1. The van der Waals surface area contributed by atoms with E-state index < -0.39 is 5.60 Å². The summed E-state index contributed by atoms with van der Waals surface area (Å²) in [6.45, 7) is 2.67. The van der Waals surface area contributed by atoms with Gasteiger partial charge in [-0.1, -0.05) is 30.3 Å². The van der Waals surface area contributed by atoms with E-state index in [0.29, 0.717) is 6.61 Å². The van der Waals surface area contributed by atoms with Crippen molar-refractivity contribution in [3.63, 3.8) is 0 Å². The van der Waals surface area contributed by atoms with Crippen LogP contribution in [-0.2, 0) is 15.1 Å². The van der Waals surface area contributed by atoms with E-state index in [1.165, 1.54) is 0 Å². The van der Waals surface area contributed by atoms with Crippen LogP contribution in [0.1, 0.15) is 18.9 Å². The average molecular weight is 190 g/mol. The summed E-state index contributed by atoms with van der Waals surface area (Å²) in [5.41, 5.74) is 0.679. The highest BCUT2D eigenvalue weighted by atomic mass is 16.5. The molecule has 1 fully saturated rings. The van der Waals surface area contributed by atoms with Crippen molar-refractivity contribution in [1.82, 2.24) is 0 Å². The molecule has 0 unspecified atom stereocenters. The Balaban J connectivity index is 2.36. The second-order valence-corrected chi connectivity index (χ2v) is 3.85. The zero-order valence-electron chi connectivity index (χ0n) is 8.27. The van der Waals surface area contributed by atoms with E-state index in [9.17, 15) is 4.79 Å². The molecule has 0 aliphatic carbocycles. The predicted molar refractivity (Wildman–Crippen MR) is 53.9 cm³/mol. The van der Waals surface area contributed by atoms with Crippen LogP contribution >= 0.6 is 0 Å². The fourth-order valence-corrected chi connectivity index (χ4v) is 2.04. The molecule has 0 N–H and O–H groups in total. The van der Waals surface area contributed by atoms with Crippen LogP contribution < -0.4 is 0 Å². The molecule has 0 radical (unpaired) electrons. The molecule has 14 heavy (non-hydrogen) atoms. The first-order valence-corrected chi connectivity index (χ1v) is 4.92. The Morgan fingerprint density at radius 1 is 1.43 bits per heavy atom. The zero-order valence-corrected chi connectivity index (χ0v) is 8.27. The SMILES string of the molecule is C[C@@]1(c2ccccc2)OCC[C@H]1C=O. The summed E-state index contributed by atoms with van der Waals surface area (Å²) in [6.07, 6.45) is 1.84. The van der Waals surface area contributed by atoms with Gasteiger partial charge in [0.25, 0.3) is 0 Å². The number of hydrogen-bond acceptors (Lipinski definition) is 2. The first-order chi connectivity index (χ1) is 6.77. The number of benzene rings is 1. The van der Waals surface area contributed by atoms with Gasteiger partial charge in [0, 0.05) is 12.5 Å². The van der Waals surface area contributed by atoms with E-state index in [0.717, 1.165) is 18.3 Å². The van der Waals surface area contributed by atoms with Crippen molar-refractivity contribution in [2.24, 2.45) is 5.92 Å². The third-order valence-electron chi connectivity index (χ3n) is 3.05. The molecular weight excluding hydrogens is 176 g/mol. The number of hydrogen-bond donors (Lipinski definition) is 0. The summed E-state index contributed by atoms with van der Waals surface area (Å²) in [5.74, 6) is -0.00935. The minimum Gasteiger partial charge on any atom is -0.370 e. The minimum atomic E-state index is -0.414. The van der Waals surface area contributed by atoms with Crippen LogP contribution in [0.15, 0.2) is 30.3 Å². The van der Waals surface area contributed by atoms with E-state index in [2.05, 4.69) is 0 Å². The van der Waals surface area contributed by atoms with Crippen molar-refractivity contribution in [1.29, 1.82) is 0 Å². The fraction of sp³-hybridized carbons (Fsp3) is 0.417. The van der Waals surface area contributed by atoms with Gasteiger partial charge in [-0.25, -0.2) is 0 Å². The largest absolute Gasteiger partial charge is 0.370 e. The molecule has 1 heterocycles. The number of carbonyl (C=O) groups is 1. The molecule has 1 aromatic rings. The number of rotatable bonds is 2. The van der Waals surface area contributed by atoms with E-state index in [1.807, 2.05) is 37.3 Å². The van der Waals surface area contributed by atoms with Crippen molar-refractivity contribution in [2.45, 2.75) is 18.9 Å². The fourth-order valence-electron chi connectivity index (χ4n) is 2.04. The Hall–Kier alpha value is -1.15. The number of aldehydes is 1. The Bertz CT molecular complexity index is 320. The smallest absolute Gasteiger partial charge is 0.126 e. The van der Waals surface area contributed by atoms with Crippen molar-refractivity contribution < 1.29 is 9.53 Å². The monoisotopic (exact) mass is 190 g/mol. The van der Waals surface area contributed by atoms with E-state index >= 15 is 0 Å². The molecule has 1 aliphatic heterocycles. The molecule has 1 saturated heterocycles. The van der Waals surface area contributed by atoms with Gasteiger partial charge in [0.1, 0.15) is 6.29 Å². The summed E-state index contributed by atoms with van der Waals surface area (Å²) in [6, 6.07) is 9.95. The first kappa shape index (κ1) is 9.41. The quantitative estimate of drug-likeness (QED) is 0.668. The van der Waals surface area contributed by atoms with Crippen molar-refractivity contribution in [2.75, 3.05) is 6.61 Å². The maximum Gasteiger partial charge on any atom is 0.126 e. The third kappa shape index (κ3) is 1.36. The van der Waals surface area contributed by atoms with Crippen molar-refractivity contribution in [3.8, 4) is 0 Å². The van der Waals surface area contributed by atoms with E-state index in [1.54, 1.807) is 0 Å². The van der Waals surface area contributed by atoms with Gasteiger partial charge in [0.2, 0.25) is 0 Å². The predicted octanol–water partition coefficient (Wildman–Crippen LogP) is 2.14. The number of carbonyl (C=O) groups excluding carboxylic acids is 1. The highest BCUT2D eigenvalue weighted by molar-refractivity contribution is 5.57. The maximum atomic E-state index is 10.9. The Labute approximate surface area is 83.9 Å². The molecule has 74 valence electrons. The standard InChI is InChI=1S/C12H14O2/c1-12(10-5-3-2-4-6-10)11(9-13)7-8-14-12/h2-6,9,11H,7-8H2,1H3/t11-,12-/m0/s1. The molecule has 2 atom stereocenters. The van der Waals surface area contributed by atoms with Crippen molar-refractivity contribution in [3.05, 3.63) is 35.9 Å². The third-order valence-corrected chi connectivity index (χ3v) is 3.05. The lowest BCUT2D eigenvalue weighted by Gasteiger charge is -2.27. The van der Waals surface area contributed by atoms with Crippen LogP contribution in [0.4, 0.5) is 0 Å². The Kier molecular flexibility index (Phi) is 2.38. The van der Waals surface area contributed by atoms with Crippen LogP contribution in [0.5, 0.6) is 0 Å². The van der Waals surface area contributed by atoms with Gasteiger partial charge in [-0.15, -0.1) is 0 Å². The lowest BCUT2D eigenvalue weighted by atomic mass is 9.84. The second-order valence-electron chi connectivity index (χ2n) is 3.85. The van der Waals surface area contributed by atoms with Crippen LogP contribution in [0.2, 0.25) is 0 Å². The molecular formula is C12H14O2. The molecule has 2 heteroatoms. The van der Waals surface area contributed by atoms with Gasteiger partial charge in [0.05, 0.1) is 5.60 Å². The highest BCUT2D eigenvalue weighted by Gasteiger charge is 2.41. The Morgan fingerprint density at radius 3 is 2.79 bits per heavy atom. The summed E-state index contributed by atoms with van der Waals surface area (Å²) in [7, 11) is 0. The van der Waals surface area contributed by atoms with Gasteiger partial charge in [-0.2, -0.15) is 0 Å². The second kappa shape index (κ2) is 3.54. The molecule has 2 nitrogen and oxygen atoms in total. The first-order valence-electron chi connectivity index (χ1n) is 4.92. The van der Waals surface area contributed by atoms with Gasteiger partial charge >= 0.3 is 0 Å². The Morgan fingerprint density at radius 2 is 2.14 bits per heavy atom. The molecule has 1 aliphatic rings. The molecule has 2 rings (SSSR count). The topological polar surface area (TPSA) is 26.3 Å². The van der Waals surface area contributed by atoms with Gasteiger partial charge < -0.3 is 9.53 Å². The summed E-state index contributed by atoms with van der Waals surface area (Å²) >= 11 is 0. The van der Waals surface area contributed by atoms with Gasteiger partial charge in [0.15, 0.2) is 0 Å².